The van der Waals surface area contributed by atoms with Crippen LogP contribution in [-0.2, 0) is 19.1 Å². The Bertz CT molecular complexity index is 1080. The maximum Gasteiger partial charge on any atom is 0.314 e. The molecule has 220 valence electrons. The monoisotopic (exact) mass is 546 g/mol. The quantitative estimate of drug-likeness (QED) is 0.347. The largest absolute Gasteiger partial charge is 0.469 e. The number of esters is 2. The molecule has 0 bridgehead atoms. The Morgan fingerprint density at radius 2 is 1.44 bits per heavy atom. The van der Waals surface area contributed by atoms with Crippen molar-refractivity contribution in [1.82, 2.24) is 0 Å². The van der Waals surface area contributed by atoms with Gasteiger partial charge in [0.15, 0.2) is 0 Å². The van der Waals surface area contributed by atoms with Crippen LogP contribution in [0.1, 0.15) is 92.9 Å². The summed E-state index contributed by atoms with van der Waals surface area (Å²) in [5, 5.41) is 34.1. The van der Waals surface area contributed by atoms with Gasteiger partial charge in [-0.25, -0.2) is 0 Å². The van der Waals surface area contributed by atoms with Crippen LogP contribution < -0.4 is 0 Å². The van der Waals surface area contributed by atoms with Crippen LogP contribution in [0.25, 0.3) is 0 Å². The Balaban J connectivity index is 1.64. The smallest absolute Gasteiger partial charge is 0.314 e. The summed E-state index contributed by atoms with van der Waals surface area (Å²) in [7, 11) is 2.82. The van der Waals surface area contributed by atoms with Crippen molar-refractivity contribution >= 4 is 11.9 Å². The Morgan fingerprint density at radius 1 is 0.821 bits per heavy atom. The summed E-state index contributed by atoms with van der Waals surface area (Å²) < 4.78 is 10.6. The van der Waals surface area contributed by atoms with Crippen molar-refractivity contribution in [2.75, 3.05) is 14.2 Å². The predicted octanol–water partition coefficient (Wildman–Crippen LogP) is 4.42. The van der Waals surface area contributed by atoms with Crippen LogP contribution in [0.3, 0.4) is 0 Å². The summed E-state index contributed by atoms with van der Waals surface area (Å²) in [6.07, 6.45) is 5.21. The zero-order valence-corrected chi connectivity index (χ0v) is 25.2. The third-order valence-electron chi connectivity index (χ3n) is 13.7. The highest BCUT2D eigenvalue weighted by atomic mass is 16.5. The molecule has 0 spiro atoms. The van der Waals surface area contributed by atoms with Crippen LogP contribution in [0, 0.1) is 50.2 Å². The van der Waals surface area contributed by atoms with Crippen molar-refractivity contribution < 1.29 is 34.4 Å². The SMILES string of the molecule is COC(=O)[C@]12CCC(C)(C)[C@@H](O)[C@H]1C1=CC[C@@H]3[C@@]4(C)C[C@@H](O)[C@H](O)[C@](C)(C(=O)OC)[C@@H]4CC[C@@]3(C)[C@]1(C)CC2. The van der Waals surface area contributed by atoms with E-state index in [0.717, 1.165) is 32.1 Å². The fourth-order valence-corrected chi connectivity index (χ4v) is 11.1. The lowest BCUT2D eigenvalue weighted by molar-refractivity contribution is -0.243. The normalized spacial score (nSPS) is 52.2. The zero-order chi connectivity index (χ0) is 29.0. The third-order valence-corrected chi connectivity index (χ3v) is 13.7. The molecule has 7 heteroatoms. The topological polar surface area (TPSA) is 113 Å². The van der Waals surface area contributed by atoms with E-state index in [-0.39, 0.29) is 40.0 Å². The highest BCUT2D eigenvalue weighted by molar-refractivity contribution is 5.79. The van der Waals surface area contributed by atoms with Crippen LogP contribution in [0.2, 0.25) is 0 Å². The number of fused-ring (bicyclic) bond motifs is 7. The summed E-state index contributed by atoms with van der Waals surface area (Å²) in [5.41, 5.74) is -1.85. The average Bonchev–Trinajstić information content (AvgIpc) is 2.88. The van der Waals surface area contributed by atoms with E-state index in [1.165, 1.54) is 19.8 Å². The number of allylic oxidation sites excluding steroid dienone is 1. The second kappa shape index (κ2) is 8.78. The molecule has 0 aromatic rings. The summed E-state index contributed by atoms with van der Waals surface area (Å²) >= 11 is 0. The van der Waals surface area contributed by atoms with Crippen molar-refractivity contribution in [2.45, 2.75) is 111 Å². The highest BCUT2D eigenvalue weighted by Crippen LogP contribution is 2.76. The lowest BCUT2D eigenvalue weighted by Crippen LogP contribution is -2.69. The van der Waals surface area contributed by atoms with Gasteiger partial charge in [-0.15, -0.1) is 0 Å². The maximum absolute atomic E-state index is 13.4. The Morgan fingerprint density at radius 3 is 2.05 bits per heavy atom. The van der Waals surface area contributed by atoms with Gasteiger partial charge in [-0.3, -0.25) is 9.59 Å². The van der Waals surface area contributed by atoms with Gasteiger partial charge in [0, 0.05) is 5.92 Å². The van der Waals surface area contributed by atoms with Crippen molar-refractivity contribution in [1.29, 1.82) is 0 Å². The summed E-state index contributed by atoms with van der Waals surface area (Å²) in [4.78, 5) is 26.6. The van der Waals surface area contributed by atoms with Crippen LogP contribution in [-0.4, -0.2) is 59.8 Å². The molecule has 0 heterocycles. The van der Waals surface area contributed by atoms with Gasteiger partial charge >= 0.3 is 11.9 Å². The van der Waals surface area contributed by atoms with Crippen molar-refractivity contribution in [2.24, 2.45) is 50.2 Å². The molecule has 0 radical (unpaired) electrons. The number of aliphatic hydroxyl groups is 3. The van der Waals surface area contributed by atoms with E-state index in [2.05, 4.69) is 40.7 Å². The Labute approximate surface area is 233 Å². The van der Waals surface area contributed by atoms with Crippen LogP contribution in [0.5, 0.6) is 0 Å². The molecule has 0 aromatic heterocycles. The molecule has 0 unspecified atom stereocenters. The van der Waals surface area contributed by atoms with Crippen molar-refractivity contribution in [3.63, 3.8) is 0 Å². The average molecular weight is 547 g/mol. The van der Waals surface area contributed by atoms with Gasteiger partial charge in [0.1, 0.15) is 0 Å². The first-order valence-corrected chi connectivity index (χ1v) is 14.9. The zero-order valence-electron chi connectivity index (χ0n) is 25.2. The molecule has 5 aliphatic carbocycles. The minimum absolute atomic E-state index is 0.135. The summed E-state index contributed by atoms with van der Waals surface area (Å²) in [6.45, 7) is 12.9. The van der Waals surface area contributed by atoms with Gasteiger partial charge in [-0.2, -0.15) is 0 Å². The third kappa shape index (κ3) is 3.39. The van der Waals surface area contributed by atoms with Crippen molar-refractivity contribution in [3.05, 3.63) is 11.6 Å². The fourth-order valence-electron chi connectivity index (χ4n) is 11.1. The molecule has 3 N–H and O–H groups in total. The van der Waals surface area contributed by atoms with Gasteiger partial charge in [0.05, 0.1) is 43.4 Å². The molecule has 0 amide bonds. The minimum Gasteiger partial charge on any atom is -0.469 e. The first-order chi connectivity index (χ1) is 18.0. The molecule has 4 saturated carbocycles. The molecular formula is C32H50O7. The molecular weight excluding hydrogens is 496 g/mol. The predicted molar refractivity (Wildman–Crippen MR) is 146 cm³/mol. The van der Waals surface area contributed by atoms with Gasteiger partial charge in [0.2, 0.25) is 0 Å². The molecule has 11 atom stereocenters. The number of rotatable bonds is 2. The van der Waals surface area contributed by atoms with E-state index in [0.29, 0.717) is 19.3 Å². The molecule has 0 aliphatic heterocycles. The molecule has 4 fully saturated rings. The Hall–Kier alpha value is -1.44. The van der Waals surface area contributed by atoms with E-state index in [1.54, 1.807) is 6.92 Å². The fraction of sp³-hybridized carbons (Fsp3) is 0.875. The minimum atomic E-state index is -1.19. The number of carbonyl (C=O) groups excluding carboxylic acids is 2. The number of hydrogen-bond acceptors (Lipinski definition) is 7. The van der Waals surface area contributed by atoms with Gasteiger partial charge in [-0.05, 0) is 91.8 Å². The molecule has 7 nitrogen and oxygen atoms in total. The number of hydrogen-bond donors (Lipinski definition) is 3. The van der Waals surface area contributed by atoms with Crippen molar-refractivity contribution in [3.8, 4) is 0 Å². The number of ether oxygens (including phenoxy) is 2. The first kappa shape index (κ1) is 29.1. The lowest BCUT2D eigenvalue weighted by Gasteiger charge is -2.71. The van der Waals surface area contributed by atoms with Gasteiger partial charge < -0.3 is 24.8 Å². The number of carbonyl (C=O) groups is 2. The second-order valence-electron chi connectivity index (χ2n) is 15.3. The molecule has 5 aliphatic rings. The number of methoxy groups -OCH3 is 2. The number of aliphatic hydroxyl groups excluding tert-OH is 3. The lowest BCUT2D eigenvalue weighted by atomic mass is 9.33. The summed E-state index contributed by atoms with van der Waals surface area (Å²) in [5.74, 6) is -0.937. The molecule has 5 rings (SSSR count). The molecule has 0 saturated heterocycles. The van der Waals surface area contributed by atoms with Crippen LogP contribution in [0.4, 0.5) is 0 Å². The van der Waals surface area contributed by atoms with Crippen LogP contribution in [0.15, 0.2) is 11.6 Å². The standard InChI is InChI=1S/C32H50O7/c1-27(2)13-15-32(26(37)39-8)16-14-29(4)18(22(32)24(27)35)9-10-20-28(3)17-19(33)23(34)31(6,25(36)38-7)21(28)11-12-30(20,29)5/h9,19-24,33-35H,10-17H2,1-8H3/t19-,20-,21-,22-,23+,24+,28-,29-,30-,31-,32+/m1/s1. The first-order valence-electron chi connectivity index (χ1n) is 14.9. The maximum atomic E-state index is 13.4. The van der Waals surface area contributed by atoms with E-state index in [4.69, 9.17) is 9.47 Å². The van der Waals surface area contributed by atoms with Gasteiger partial charge in [0.25, 0.3) is 0 Å². The summed E-state index contributed by atoms with van der Waals surface area (Å²) in [6, 6.07) is 0. The molecule has 39 heavy (non-hydrogen) atoms. The second-order valence-corrected chi connectivity index (χ2v) is 15.3. The van der Waals surface area contributed by atoms with E-state index in [9.17, 15) is 24.9 Å². The highest BCUT2D eigenvalue weighted by Gasteiger charge is 2.72. The van der Waals surface area contributed by atoms with E-state index < -0.39 is 40.5 Å². The van der Waals surface area contributed by atoms with Gasteiger partial charge in [-0.1, -0.05) is 46.3 Å². The van der Waals surface area contributed by atoms with E-state index in [1.807, 2.05) is 0 Å². The van der Waals surface area contributed by atoms with Crippen LogP contribution >= 0.6 is 0 Å². The molecule has 0 aromatic carbocycles. The van der Waals surface area contributed by atoms with E-state index >= 15 is 0 Å². The Kier molecular flexibility index (Phi) is 6.54.